The van der Waals surface area contributed by atoms with Crippen molar-refractivity contribution in [1.29, 1.82) is 0 Å². The highest BCUT2D eigenvalue weighted by Crippen LogP contribution is 2.27. The van der Waals surface area contributed by atoms with E-state index in [0.29, 0.717) is 22.5 Å². The zero-order chi connectivity index (χ0) is 17.2. The lowest BCUT2D eigenvalue weighted by atomic mass is 9.92. The smallest absolute Gasteiger partial charge is 0.227 e. The van der Waals surface area contributed by atoms with Gasteiger partial charge in [-0.2, -0.15) is 0 Å². The average Bonchev–Trinajstić information content (AvgIpc) is 3.03. The number of rotatable bonds is 5. The number of carbonyl (C=O) groups excluding carboxylic acids is 1. The van der Waals surface area contributed by atoms with E-state index in [1.807, 2.05) is 18.0 Å². The van der Waals surface area contributed by atoms with Crippen molar-refractivity contribution in [3.05, 3.63) is 33.8 Å². The molecule has 1 aliphatic rings. The Bertz CT molecular complexity index is 568. The van der Waals surface area contributed by atoms with E-state index in [4.69, 9.17) is 23.2 Å². The fourth-order valence-electron chi connectivity index (χ4n) is 3.12. The first-order valence-corrected chi connectivity index (χ1v) is 8.93. The fourth-order valence-corrected chi connectivity index (χ4v) is 3.44. The number of carbonyl (C=O) groups is 1. The summed E-state index contributed by atoms with van der Waals surface area (Å²) in [5.74, 6) is 0.0967. The van der Waals surface area contributed by atoms with Gasteiger partial charge < -0.3 is 4.90 Å². The molecule has 23 heavy (non-hydrogen) atoms. The Morgan fingerprint density at radius 3 is 2.43 bits per heavy atom. The molecule has 1 heterocycles. The minimum Gasteiger partial charge on any atom is -0.339 e. The van der Waals surface area contributed by atoms with Crippen LogP contribution in [0.5, 0.6) is 0 Å². The molecular formula is C18H26Cl2N2O. The van der Waals surface area contributed by atoms with Crippen LogP contribution in [0.1, 0.15) is 39.2 Å². The Labute approximate surface area is 149 Å². The molecule has 1 aromatic carbocycles. The van der Waals surface area contributed by atoms with E-state index in [1.165, 1.54) is 12.8 Å². The molecule has 1 saturated heterocycles. The van der Waals surface area contributed by atoms with Gasteiger partial charge in [0.25, 0.3) is 0 Å². The van der Waals surface area contributed by atoms with E-state index >= 15 is 0 Å². The SMILES string of the molecule is C[C@@H](N1CCCC1)C(C)(C)N(C)C(=O)Cc1ccc(Cl)c(Cl)c1. The summed E-state index contributed by atoms with van der Waals surface area (Å²) in [6.45, 7) is 8.75. The van der Waals surface area contributed by atoms with Gasteiger partial charge in [0.2, 0.25) is 5.91 Å². The van der Waals surface area contributed by atoms with Gasteiger partial charge in [-0.1, -0.05) is 29.3 Å². The molecule has 3 nitrogen and oxygen atoms in total. The number of nitrogens with zero attached hydrogens (tertiary/aromatic N) is 2. The highest BCUT2D eigenvalue weighted by molar-refractivity contribution is 6.42. The van der Waals surface area contributed by atoms with Gasteiger partial charge in [0.05, 0.1) is 22.0 Å². The first kappa shape index (κ1) is 18.6. The van der Waals surface area contributed by atoms with Crippen LogP contribution in [-0.2, 0) is 11.2 Å². The number of likely N-dealkylation sites (tertiary alicyclic amines) is 1. The molecule has 1 aromatic rings. The van der Waals surface area contributed by atoms with Crippen molar-refractivity contribution in [2.75, 3.05) is 20.1 Å². The monoisotopic (exact) mass is 356 g/mol. The summed E-state index contributed by atoms with van der Waals surface area (Å²) in [6.07, 6.45) is 2.84. The van der Waals surface area contributed by atoms with Crippen LogP contribution in [0.3, 0.4) is 0 Å². The number of likely N-dealkylation sites (N-methyl/N-ethyl adjacent to an activating group) is 1. The zero-order valence-electron chi connectivity index (χ0n) is 14.4. The van der Waals surface area contributed by atoms with Gasteiger partial charge >= 0.3 is 0 Å². The summed E-state index contributed by atoms with van der Waals surface area (Å²) in [6, 6.07) is 5.70. The maximum absolute atomic E-state index is 12.7. The third kappa shape index (κ3) is 4.20. The lowest BCUT2D eigenvalue weighted by molar-refractivity contribution is -0.136. The summed E-state index contributed by atoms with van der Waals surface area (Å²) in [7, 11) is 1.90. The van der Waals surface area contributed by atoms with E-state index in [1.54, 1.807) is 12.1 Å². The second-order valence-corrected chi connectivity index (χ2v) is 7.77. The highest BCUT2D eigenvalue weighted by atomic mass is 35.5. The quantitative estimate of drug-likeness (QED) is 0.786. The standard InChI is InChI=1S/C18H26Cl2N2O/c1-13(22-9-5-6-10-22)18(2,3)21(4)17(23)12-14-7-8-15(19)16(20)11-14/h7-8,11,13H,5-6,9-10,12H2,1-4H3/t13-/m1/s1. The largest absolute Gasteiger partial charge is 0.339 e. The van der Waals surface area contributed by atoms with Crippen molar-refractivity contribution in [3.8, 4) is 0 Å². The lowest BCUT2D eigenvalue weighted by Gasteiger charge is -2.44. The third-order valence-electron chi connectivity index (χ3n) is 5.29. The summed E-state index contributed by atoms with van der Waals surface area (Å²) < 4.78 is 0. The molecule has 0 spiro atoms. The molecule has 0 N–H and O–H groups in total. The number of halogens is 2. The van der Waals surface area contributed by atoms with Crippen LogP contribution in [0, 0.1) is 0 Å². The van der Waals surface area contributed by atoms with Gasteiger partial charge in [0, 0.05) is 13.1 Å². The van der Waals surface area contributed by atoms with E-state index < -0.39 is 0 Å². The molecule has 0 saturated carbocycles. The zero-order valence-corrected chi connectivity index (χ0v) is 15.9. The number of hydrogen-bond donors (Lipinski definition) is 0. The van der Waals surface area contributed by atoms with Crippen LogP contribution in [0.4, 0.5) is 0 Å². The minimum absolute atomic E-state index is 0.0967. The van der Waals surface area contributed by atoms with Gasteiger partial charge in [-0.25, -0.2) is 0 Å². The predicted octanol–water partition coefficient (Wildman–Crippen LogP) is 4.26. The first-order valence-electron chi connectivity index (χ1n) is 8.18. The molecule has 128 valence electrons. The predicted molar refractivity (Wildman–Crippen MR) is 97.3 cm³/mol. The first-order chi connectivity index (χ1) is 10.7. The third-order valence-corrected chi connectivity index (χ3v) is 6.03. The number of amides is 1. The van der Waals surface area contributed by atoms with Crippen LogP contribution in [0.25, 0.3) is 0 Å². The maximum atomic E-state index is 12.7. The van der Waals surface area contributed by atoms with Gasteiger partial charge in [-0.05, 0) is 64.4 Å². The molecule has 1 fully saturated rings. The van der Waals surface area contributed by atoms with E-state index in [-0.39, 0.29) is 11.4 Å². The van der Waals surface area contributed by atoms with E-state index in [2.05, 4.69) is 25.7 Å². The molecule has 0 radical (unpaired) electrons. The van der Waals surface area contributed by atoms with Crippen molar-refractivity contribution in [2.45, 2.75) is 51.6 Å². The van der Waals surface area contributed by atoms with Gasteiger partial charge in [0.1, 0.15) is 0 Å². The topological polar surface area (TPSA) is 23.6 Å². The average molecular weight is 357 g/mol. The van der Waals surface area contributed by atoms with Crippen LogP contribution in [-0.4, -0.2) is 47.4 Å². The molecule has 0 aliphatic carbocycles. The van der Waals surface area contributed by atoms with Crippen molar-refractivity contribution in [1.82, 2.24) is 9.80 Å². The molecule has 0 aromatic heterocycles. The summed E-state index contributed by atoms with van der Waals surface area (Å²) in [4.78, 5) is 17.1. The molecule has 1 aliphatic heterocycles. The summed E-state index contributed by atoms with van der Waals surface area (Å²) in [5.41, 5.74) is 0.665. The maximum Gasteiger partial charge on any atom is 0.227 e. The van der Waals surface area contributed by atoms with Gasteiger partial charge in [-0.3, -0.25) is 9.69 Å². The minimum atomic E-state index is -0.225. The second-order valence-electron chi connectivity index (χ2n) is 6.95. The van der Waals surface area contributed by atoms with Crippen LogP contribution < -0.4 is 0 Å². The van der Waals surface area contributed by atoms with Crippen molar-refractivity contribution in [2.24, 2.45) is 0 Å². The number of hydrogen-bond acceptors (Lipinski definition) is 2. The summed E-state index contributed by atoms with van der Waals surface area (Å²) >= 11 is 12.0. The summed E-state index contributed by atoms with van der Waals surface area (Å²) in [5, 5.41) is 1.00. The Morgan fingerprint density at radius 2 is 1.87 bits per heavy atom. The molecule has 0 unspecified atom stereocenters. The molecule has 1 amide bonds. The van der Waals surface area contributed by atoms with Gasteiger partial charge in [-0.15, -0.1) is 0 Å². The van der Waals surface area contributed by atoms with Gasteiger partial charge in [0.15, 0.2) is 0 Å². The second kappa shape index (κ2) is 7.42. The Hall–Kier alpha value is -0.770. The normalized spacial score (nSPS) is 17.3. The fraction of sp³-hybridized carbons (Fsp3) is 0.611. The molecule has 1 atom stereocenters. The molecule has 0 bridgehead atoms. The van der Waals surface area contributed by atoms with Crippen molar-refractivity contribution >= 4 is 29.1 Å². The lowest BCUT2D eigenvalue weighted by Crippen LogP contribution is -2.57. The molecular weight excluding hydrogens is 331 g/mol. The number of benzene rings is 1. The Balaban J connectivity index is 2.06. The molecule has 5 heteroatoms. The van der Waals surface area contributed by atoms with Crippen LogP contribution in [0.15, 0.2) is 18.2 Å². The Morgan fingerprint density at radius 1 is 1.26 bits per heavy atom. The van der Waals surface area contributed by atoms with Crippen LogP contribution >= 0.6 is 23.2 Å². The van der Waals surface area contributed by atoms with E-state index in [9.17, 15) is 4.79 Å². The Kier molecular flexibility index (Phi) is 5.99. The van der Waals surface area contributed by atoms with Crippen molar-refractivity contribution in [3.63, 3.8) is 0 Å². The van der Waals surface area contributed by atoms with Crippen LogP contribution in [0.2, 0.25) is 10.0 Å². The van der Waals surface area contributed by atoms with Crippen molar-refractivity contribution < 1.29 is 4.79 Å². The molecule has 2 rings (SSSR count). The highest BCUT2D eigenvalue weighted by Gasteiger charge is 2.37. The van der Waals surface area contributed by atoms with E-state index in [0.717, 1.165) is 18.7 Å².